The van der Waals surface area contributed by atoms with Crippen molar-refractivity contribution < 1.29 is 32.6 Å². The van der Waals surface area contributed by atoms with E-state index in [1.807, 2.05) is 0 Å². The summed E-state index contributed by atoms with van der Waals surface area (Å²) >= 11 is 0. The lowest BCUT2D eigenvalue weighted by Gasteiger charge is -2.17. The van der Waals surface area contributed by atoms with Crippen LogP contribution < -0.4 is 4.74 Å². The van der Waals surface area contributed by atoms with Crippen LogP contribution in [-0.2, 0) is 19.6 Å². The van der Waals surface area contributed by atoms with Crippen molar-refractivity contribution in [1.29, 1.82) is 0 Å². The van der Waals surface area contributed by atoms with Gasteiger partial charge >= 0.3 is 11.9 Å². The molecule has 0 radical (unpaired) electrons. The number of hydrogen-bond acceptors (Lipinski definition) is 6. The van der Waals surface area contributed by atoms with Crippen LogP contribution in [0.1, 0.15) is 16.8 Å². The first-order valence-electron chi connectivity index (χ1n) is 6.80. The number of esters is 1. The van der Waals surface area contributed by atoms with E-state index in [9.17, 15) is 18.0 Å². The molecule has 1 unspecified atom stereocenters. The summed E-state index contributed by atoms with van der Waals surface area (Å²) in [5, 5.41) is 8.98. The second-order valence-corrected chi connectivity index (χ2v) is 6.98. The van der Waals surface area contributed by atoms with E-state index in [-0.39, 0.29) is 35.7 Å². The van der Waals surface area contributed by atoms with Crippen molar-refractivity contribution in [1.82, 2.24) is 4.31 Å². The van der Waals surface area contributed by atoms with Crippen molar-refractivity contribution in [2.24, 2.45) is 5.92 Å². The zero-order valence-electron chi connectivity index (χ0n) is 12.7. The number of carboxylic acids is 1. The third-order valence-electron chi connectivity index (χ3n) is 3.72. The third kappa shape index (κ3) is 3.30. The summed E-state index contributed by atoms with van der Waals surface area (Å²) in [7, 11) is -1.32. The smallest absolute Gasteiger partial charge is 0.341 e. The molecule has 0 amide bonds. The van der Waals surface area contributed by atoms with Crippen LogP contribution in [0.25, 0.3) is 0 Å². The molecule has 1 aliphatic rings. The molecule has 1 aromatic rings. The van der Waals surface area contributed by atoms with Crippen molar-refractivity contribution >= 4 is 22.0 Å². The first kappa shape index (κ1) is 17.2. The molecule has 1 saturated heterocycles. The van der Waals surface area contributed by atoms with E-state index in [1.54, 1.807) is 0 Å². The Morgan fingerprint density at radius 2 is 2.00 bits per heavy atom. The van der Waals surface area contributed by atoms with E-state index in [2.05, 4.69) is 4.74 Å². The maximum atomic E-state index is 12.6. The van der Waals surface area contributed by atoms with Gasteiger partial charge in [-0.3, -0.25) is 4.79 Å². The lowest BCUT2D eigenvalue weighted by Crippen LogP contribution is -2.30. The average molecular weight is 343 g/mol. The Hall–Kier alpha value is -2.13. The SMILES string of the molecule is COC(=O)c1ccc(S(=O)(=O)N2CCC(C(=O)O)C2)cc1OC. The summed E-state index contributed by atoms with van der Waals surface area (Å²) in [4.78, 5) is 22.5. The topological polar surface area (TPSA) is 110 Å². The lowest BCUT2D eigenvalue weighted by atomic mass is 10.1. The minimum atomic E-state index is -3.85. The highest BCUT2D eigenvalue weighted by Gasteiger charge is 2.36. The highest BCUT2D eigenvalue weighted by Crippen LogP contribution is 2.28. The number of benzene rings is 1. The molecule has 8 nitrogen and oxygen atoms in total. The fourth-order valence-corrected chi connectivity index (χ4v) is 3.92. The average Bonchev–Trinajstić information content (AvgIpc) is 3.04. The van der Waals surface area contributed by atoms with Gasteiger partial charge in [-0.15, -0.1) is 0 Å². The number of ether oxygens (including phenoxy) is 2. The van der Waals surface area contributed by atoms with Crippen LogP contribution >= 0.6 is 0 Å². The van der Waals surface area contributed by atoms with Gasteiger partial charge in [0.05, 0.1) is 25.0 Å². The molecule has 0 saturated carbocycles. The molecule has 1 fully saturated rings. The highest BCUT2D eigenvalue weighted by atomic mass is 32.2. The van der Waals surface area contributed by atoms with Crippen LogP contribution in [0.4, 0.5) is 0 Å². The van der Waals surface area contributed by atoms with Crippen LogP contribution in [0.5, 0.6) is 5.75 Å². The number of carboxylic acid groups (broad SMARTS) is 1. The van der Waals surface area contributed by atoms with Gasteiger partial charge in [0.2, 0.25) is 10.0 Å². The third-order valence-corrected chi connectivity index (χ3v) is 5.58. The van der Waals surface area contributed by atoms with Crippen molar-refractivity contribution in [3.8, 4) is 5.75 Å². The first-order valence-corrected chi connectivity index (χ1v) is 8.24. The first-order chi connectivity index (χ1) is 10.8. The van der Waals surface area contributed by atoms with Crippen molar-refractivity contribution in [2.75, 3.05) is 27.3 Å². The van der Waals surface area contributed by atoms with Crippen molar-refractivity contribution in [2.45, 2.75) is 11.3 Å². The molecule has 1 atom stereocenters. The molecular formula is C14H17NO7S. The van der Waals surface area contributed by atoms with Crippen LogP contribution in [0.3, 0.4) is 0 Å². The summed E-state index contributed by atoms with van der Waals surface area (Å²) in [6.07, 6.45) is 0.270. The van der Waals surface area contributed by atoms with Gasteiger partial charge in [-0.05, 0) is 18.6 Å². The molecule has 9 heteroatoms. The Morgan fingerprint density at radius 3 is 2.52 bits per heavy atom. The minimum Gasteiger partial charge on any atom is -0.496 e. The van der Waals surface area contributed by atoms with Crippen LogP contribution in [-0.4, -0.2) is 57.1 Å². The molecule has 1 N–H and O–H groups in total. The highest BCUT2D eigenvalue weighted by molar-refractivity contribution is 7.89. The monoisotopic (exact) mass is 343 g/mol. The van der Waals surface area contributed by atoms with Gasteiger partial charge < -0.3 is 14.6 Å². The van der Waals surface area contributed by atoms with E-state index in [1.165, 1.54) is 32.4 Å². The van der Waals surface area contributed by atoms with E-state index in [0.29, 0.717) is 0 Å². The quantitative estimate of drug-likeness (QED) is 0.778. The van der Waals surface area contributed by atoms with Crippen LogP contribution in [0, 0.1) is 5.92 Å². The molecule has 0 spiro atoms. The Balaban J connectivity index is 2.34. The summed E-state index contributed by atoms with van der Waals surface area (Å²) in [6.45, 7) is 0.0686. The summed E-state index contributed by atoms with van der Waals surface area (Å²) in [5.74, 6) is -2.29. The number of nitrogens with zero attached hydrogens (tertiary/aromatic N) is 1. The Morgan fingerprint density at radius 1 is 1.30 bits per heavy atom. The molecule has 0 aromatic heterocycles. The Kier molecular flexibility index (Phi) is 4.90. The fraction of sp³-hybridized carbons (Fsp3) is 0.429. The zero-order valence-corrected chi connectivity index (χ0v) is 13.5. The molecule has 1 aromatic carbocycles. The van der Waals surface area contributed by atoms with Gasteiger partial charge in [-0.25, -0.2) is 13.2 Å². The van der Waals surface area contributed by atoms with E-state index >= 15 is 0 Å². The van der Waals surface area contributed by atoms with Gasteiger partial charge in [0.25, 0.3) is 0 Å². The fourth-order valence-electron chi connectivity index (χ4n) is 2.41. The number of sulfonamides is 1. The second kappa shape index (κ2) is 6.55. The number of hydrogen-bond donors (Lipinski definition) is 1. The van der Waals surface area contributed by atoms with Gasteiger partial charge in [0.1, 0.15) is 11.3 Å². The number of carbonyl (C=O) groups is 2. The Labute approximate surface area is 133 Å². The van der Waals surface area contributed by atoms with E-state index < -0.39 is 27.9 Å². The van der Waals surface area contributed by atoms with E-state index in [4.69, 9.17) is 9.84 Å². The normalized spacial score (nSPS) is 18.6. The number of methoxy groups -OCH3 is 2. The van der Waals surface area contributed by atoms with Gasteiger partial charge in [0, 0.05) is 19.2 Å². The maximum absolute atomic E-state index is 12.6. The molecular weight excluding hydrogens is 326 g/mol. The van der Waals surface area contributed by atoms with Gasteiger partial charge in [-0.1, -0.05) is 0 Å². The summed E-state index contributed by atoms with van der Waals surface area (Å²) < 4.78 is 35.9. The predicted molar refractivity (Wildman–Crippen MR) is 78.8 cm³/mol. The Bertz CT molecular complexity index is 729. The predicted octanol–water partition coefficient (Wildman–Crippen LogP) is 0.577. The summed E-state index contributed by atoms with van der Waals surface area (Å²) in [6, 6.07) is 3.82. The molecule has 2 rings (SSSR count). The molecule has 0 aliphatic carbocycles. The number of carbonyl (C=O) groups excluding carboxylic acids is 1. The molecule has 23 heavy (non-hydrogen) atoms. The molecule has 1 aliphatic heterocycles. The van der Waals surface area contributed by atoms with Crippen LogP contribution in [0.15, 0.2) is 23.1 Å². The molecule has 0 bridgehead atoms. The van der Waals surface area contributed by atoms with Crippen molar-refractivity contribution in [3.63, 3.8) is 0 Å². The van der Waals surface area contributed by atoms with Crippen molar-refractivity contribution in [3.05, 3.63) is 23.8 Å². The summed E-state index contributed by atoms with van der Waals surface area (Å²) in [5.41, 5.74) is 0.110. The molecule has 126 valence electrons. The molecule has 1 heterocycles. The largest absolute Gasteiger partial charge is 0.496 e. The minimum absolute atomic E-state index is 0.0620. The van der Waals surface area contributed by atoms with E-state index in [0.717, 1.165) is 4.31 Å². The second-order valence-electron chi connectivity index (χ2n) is 5.04. The van der Waals surface area contributed by atoms with Gasteiger partial charge in [0.15, 0.2) is 0 Å². The number of aliphatic carboxylic acids is 1. The standard InChI is InChI=1S/C14H17NO7S/c1-21-12-7-10(3-4-11(12)14(18)22-2)23(19,20)15-6-5-9(8-15)13(16)17/h3-4,7,9H,5-6,8H2,1-2H3,(H,16,17). The number of rotatable bonds is 5. The van der Waals surface area contributed by atoms with Gasteiger partial charge in [-0.2, -0.15) is 4.31 Å². The maximum Gasteiger partial charge on any atom is 0.341 e. The van der Waals surface area contributed by atoms with Crippen LogP contribution in [0.2, 0.25) is 0 Å². The zero-order chi connectivity index (χ0) is 17.2. The lowest BCUT2D eigenvalue weighted by molar-refractivity contribution is -0.141.